The van der Waals surface area contributed by atoms with Crippen LogP contribution >= 0.6 is 11.3 Å². The van der Waals surface area contributed by atoms with Crippen LogP contribution in [0, 0.1) is 0 Å². The second-order valence-electron chi connectivity index (χ2n) is 7.27. The number of esters is 1. The molecule has 0 unspecified atom stereocenters. The predicted octanol–water partition coefficient (Wildman–Crippen LogP) is 2.35. The number of hydrogen-bond donors (Lipinski definition) is 0. The summed E-state index contributed by atoms with van der Waals surface area (Å²) in [6, 6.07) is 16.4. The molecule has 0 amide bonds. The van der Waals surface area contributed by atoms with E-state index < -0.39 is 12.0 Å². The highest BCUT2D eigenvalue weighted by Crippen LogP contribution is 2.30. The molecule has 0 fully saturated rings. The van der Waals surface area contributed by atoms with Crippen molar-refractivity contribution in [2.24, 2.45) is 4.99 Å². The zero-order valence-electron chi connectivity index (χ0n) is 17.4. The Kier molecular flexibility index (Phi) is 4.99. The Labute approximate surface area is 186 Å². The van der Waals surface area contributed by atoms with Crippen LogP contribution in [0.25, 0.3) is 17.1 Å². The van der Waals surface area contributed by atoms with Crippen molar-refractivity contribution in [1.29, 1.82) is 0 Å². The van der Waals surface area contributed by atoms with Crippen molar-refractivity contribution in [1.82, 2.24) is 14.5 Å². The van der Waals surface area contributed by atoms with E-state index in [0.717, 1.165) is 16.6 Å². The lowest BCUT2D eigenvalue weighted by atomic mass is 9.96. The molecule has 0 aliphatic carbocycles. The van der Waals surface area contributed by atoms with Gasteiger partial charge in [-0.1, -0.05) is 53.8 Å². The van der Waals surface area contributed by atoms with Crippen molar-refractivity contribution in [3.63, 3.8) is 0 Å². The summed E-state index contributed by atoms with van der Waals surface area (Å²) in [5, 5.41) is 0. The number of benzene rings is 2. The minimum atomic E-state index is -0.621. The van der Waals surface area contributed by atoms with Crippen LogP contribution in [-0.4, -0.2) is 27.6 Å². The molecule has 1 aliphatic rings. The lowest BCUT2D eigenvalue weighted by molar-refractivity contribution is -0.136. The maximum Gasteiger partial charge on any atom is 0.338 e. The van der Waals surface area contributed by atoms with Crippen molar-refractivity contribution in [3.05, 3.63) is 103 Å². The Morgan fingerprint density at radius 3 is 2.56 bits per heavy atom. The molecule has 4 aromatic rings. The van der Waals surface area contributed by atoms with E-state index >= 15 is 0 Å². The fraction of sp³-hybridized carbons (Fsp3) is 0.125. The van der Waals surface area contributed by atoms with Gasteiger partial charge >= 0.3 is 5.97 Å². The van der Waals surface area contributed by atoms with Crippen molar-refractivity contribution < 1.29 is 9.53 Å². The summed E-state index contributed by atoms with van der Waals surface area (Å²) in [4.78, 5) is 40.2. The summed E-state index contributed by atoms with van der Waals surface area (Å²) < 4.78 is 7.04. The smallest absolute Gasteiger partial charge is 0.338 e. The number of ether oxygens (including phenoxy) is 1. The molecule has 32 heavy (non-hydrogen) atoms. The standard InChI is InChI=1S/C24H18N4O3S/c1-14-20(23(30)31-2)21(15-8-4-3-5-9-15)28-22(29)19(32-24(28)26-14)12-16-13-25-17-10-6-7-11-18(17)27-16/h3-13,21H,1-2H3/t21-/m0/s1. The Morgan fingerprint density at radius 1 is 1.09 bits per heavy atom. The maximum absolute atomic E-state index is 13.5. The van der Waals surface area contributed by atoms with Gasteiger partial charge in [0.15, 0.2) is 4.80 Å². The van der Waals surface area contributed by atoms with Gasteiger partial charge in [-0.05, 0) is 30.7 Å². The van der Waals surface area contributed by atoms with E-state index in [0.29, 0.717) is 26.3 Å². The van der Waals surface area contributed by atoms with Crippen LogP contribution in [0.3, 0.4) is 0 Å². The molecule has 0 radical (unpaired) electrons. The molecule has 5 rings (SSSR count). The lowest BCUT2D eigenvalue weighted by Gasteiger charge is -2.24. The molecule has 1 aliphatic heterocycles. The fourth-order valence-corrected chi connectivity index (χ4v) is 4.85. The van der Waals surface area contributed by atoms with E-state index in [9.17, 15) is 9.59 Å². The molecule has 7 nitrogen and oxygen atoms in total. The highest BCUT2D eigenvalue weighted by atomic mass is 32.1. The van der Waals surface area contributed by atoms with Gasteiger partial charge in [-0.2, -0.15) is 0 Å². The molecule has 0 saturated heterocycles. The average Bonchev–Trinajstić information content (AvgIpc) is 3.12. The number of thiazole rings is 1. The number of methoxy groups -OCH3 is 1. The number of carbonyl (C=O) groups excluding carboxylic acids is 1. The Hall–Kier alpha value is -3.91. The molecule has 158 valence electrons. The van der Waals surface area contributed by atoms with Gasteiger partial charge in [-0.3, -0.25) is 14.3 Å². The number of hydrogen-bond acceptors (Lipinski definition) is 7. The average molecular weight is 443 g/mol. The zero-order chi connectivity index (χ0) is 22.2. The number of aromatic nitrogens is 3. The van der Waals surface area contributed by atoms with E-state index in [4.69, 9.17) is 4.74 Å². The van der Waals surface area contributed by atoms with Crippen LogP contribution in [0.1, 0.15) is 24.2 Å². The molecule has 0 spiro atoms. The predicted molar refractivity (Wildman–Crippen MR) is 122 cm³/mol. The number of fused-ring (bicyclic) bond motifs is 2. The van der Waals surface area contributed by atoms with Gasteiger partial charge < -0.3 is 4.74 Å². The highest BCUT2D eigenvalue weighted by molar-refractivity contribution is 7.07. The third-order valence-electron chi connectivity index (χ3n) is 5.29. The molecular weight excluding hydrogens is 424 g/mol. The largest absolute Gasteiger partial charge is 0.466 e. The SMILES string of the molecule is COC(=O)C1=C(C)N=c2sc(=Cc3cnc4ccccc4n3)c(=O)n2[C@H]1c1ccccc1. The normalized spacial score (nSPS) is 16.1. The zero-order valence-corrected chi connectivity index (χ0v) is 18.2. The van der Waals surface area contributed by atoms with E-state index in [1.165, 1.54) is 18.4 Å². The molecule has 2 aromatic carbocycles. The molecule has 1 atom stereocenters. The molecule has 0 saturated carbocycles. The minimum absolute atomic E-state index is 0.244. The highest BCUT2D eigenvalue weighted by Gasteiger charge is 2.32. The third-order valence-corrected chi connectivity index (χ3v) is 6.27. The maximum atomic E-state index is 13.5. The van der Waals surface area contributed by atoms with E-state index in [2.05, 4.69) is 15.0 Å². The number of para-hydroxylation sites is 2. The van der Waals surface area contributed by atoms with Gasteiger partial charge in [0.2, 0.25) is 0 Å². The van der Waals surface area contributed by atoms with Crippen LogP contribution in [-0.2, 0) is 9.53 Å². The van der Waals surface area contributed by atoms with Gasteiger partial charge in [-0.15, -0.1) is 0 Å². The molecular formula is C24H18N4O3S. The van der Waals surface area contributed by atoms with Crippen molar-refractivity contribution in [3.8, 4) is 0 Å². The summed E-state index contributed by atoms with van der Waals surface area (Å²) >= 11 is 1.26. The monoisotopic (exact) mass is 442 g/mol. The number of nitrogens with zero attached hydrogens (tertiary/aromatic N) is 4. The number of rotatable bonds is 3. The van der Waals surface area contributed by atoms with Gasteiger partial charge in [0, 0.05) is 0 Å². The summed E-state index contributed by atoms with van der Waals surface area (Å²) in [5.41, 5.74) is 3.56. The summed E-state index contributed by atoms with van der Waals surface area (Å²) in [5.74, 6) is -0.505. The van der Waals surface area contributed by atoms with E-state index in [1.807, 2.05) is 54.6 Å². The van der Waals surface area contributed by atoms with Crippen molar-refractivity contribution in [2.75, 3.05) is 7.11 Å². The summed E-state index contributed by atoms with van der Waals surface area (Å²) in [6.07, 6.45) is 3.35. The Bertz CT molecular complexity index is 1570. The molecule has 0 N–H and O–H groups in total. The first-order chi connectivity index (χ1) is 15.6. The van der Waals surface area contributed by atoms with Crippen LogP contribution in [0.4, 0.5) is 0 Å². The van der Waals surface area contributed by atoms with Crippen LogP contribution in [0.2, 0.25) is 0 Å². The third kappa shape index (κ3) is 3.34. The number of allylic oxidation sites excluding steroid dienone is 1. The first-order valence-electron chi connectivity index (χ1n) is 9.94. The van der Waals surface area contributed by atoms with Gasteiger partial charge in [0.05, 0.1) is 51.9 Å². The van der Waals surface area contributed by atoms with Crippen LogP contribution in [0.5, 0.6) is 0 Å². The topological polar surface area (TPSA) is 86.4 Å². The van der Waals surface area contributed by atoms with Gasteiger partial charge in [0.1, 0.15) is 0 Å². The summed E-state index contributed by atoms with van der Waals surface area (Å²) in [6.45, 7) is 1.76. The molecule has 8 heteroatoms. The van der Waals surface area contributed by atoms with Crippen molar-refractivity contribution in [2.45, 2.75) is 13.0 Å². The van der Waals surface area contributed by atoms with Gasteiger partial charge in [0.25, 0.3) is 5.56 Å². The van der Waals surface area contributed by atoms with Crippen LogP contribution < -0.4 is 14.9 Å². The minimum Gasteiger partial charge on any atom is -0.466 e. The molecule has 2 aromatic heterocycles. The van der Waals surface area contributed by atoms with Crippen molar-refractivity contribution >= 4 is 34.4 Å². The Morgan fingerprint density at radius 2 is 1.81 bits per heavy atom. The Balaban J connectivity index is 1.73. The van der Waals surface area contributed by atoms with Gasteiger partial charge in [-0.25, -0.2) is 14.8 Å². The summed E-state index contributed by atoms with van der Waals surface area (Å²) in [7, 11) is 1.33. The first kappa shape index (κ1) is 20.0. The van der Waals surface area contributed by atoms with E-state index in [-0.39, 0.29) is 5.56 Å². The second kappa shape index (κ2) is 7.97. The fourth-order valence-electron chi connectivity index (χ4n) is 3.82. The number of carbonyl (C=O) groups is 1. The van der Waals surface area contributed by atoms with E-state index in [1.54, 1.807) is 23.8 Å². The lowest BCUT2D eigenvalue weighted by Crippen LogP contribution is -2.39. The second-order valence-corrected chi connectivity index (χ2v) is 8.28. The molecule has 0 bridgehead atoms. The first-order valence-corrected chi connectivity index (χ1v) is 10.8. The van der Waals surface area contributed by atoms with Crippen LogP contribution in [0.15, 0.2) is 81.9 Å². The quantitative estimate of drug-likeness (QED) is 0.455. The molecule has 3 heterocycles.